The monoisotopic (exact) mass is 417 g/mol. The number of sulfonamides is 1. The maximum absolute atomic E-state index is 13.4. The van der Waals surface area contributed by atoms with Crippen LogP contribution in [-0.4, -0.2) is 65.4 Å². The van der Waals surface area contributed by atoms with Crippen molar-refractivity contribution in [3.05, 3.63) is 23.8 Å². The largest absolute Gasteiger partial charge is 0.495 e. The molecule has 1 aliphatic heterocycles. The fourth-order valence-electron chi connectivity index (χ4n) is 2.71. The Morgan fingerprint density at radius 2 is 1.92 bits per heavy atom. The smallest absolute Gasteiger partial charge is 0.405 e. The normalized spacial score (nSPS) is 17.4. The zero-order chi connectivity index (χ0) is 18.7. The second kappa shape index (κ2) is 9.23. The first-order valence-electron chi connectivity index (χ1n) is 7.81. The number of ether oxygens (including phenoxy) is 1. The highest BCUT2D eigenvalue weighted by Crippen LogP contribution is 2.27. The van der Waals surface area contributed by atoms with Gasteiger partial charge in [0.15, 0.2) is 0 Å². The number of nitrogens with zero attached hydrogens (tertiary/aromatic N) is 1. The molecule has 1 heterocycles. The van der Waals surface area contributed by atoms with Gasteiger partial charge in [0.2, 0.25) is 10.0 Å². The second-order valence-corrected chi connectivity index (χ2v) is 7.58. The molecule has 1 aromatic rings. The summed E-state index contributed by atoms with van der Waals surface area (Å²) in [5, 5.41) is 2.98. The van der Waals surface area contributed by atoms with Crippen LogP contribution in [0.4, 0.5) is 13.2 Å². The minimum atomic E-state index is -4.53. The van der Waals surface area contributed by atoms with Gasteiger partial charge < -0.3 is 10.1 Å². The third-order valence-corrected chi connectivity index (χ3v) is 5.49. The van der Waals surface area contributed by atoms with Crippen LogP contribution >= 0.6 is 12.4 Å². The zero-order valence-corrected chi connectivity index (χ0v) is 16.1. The number of hydrogen-bond donors (Lipinski definition) is 2. The maximum Gasteiger partial charge on any atom is 0.405 e. The number of halogens is 4. The predicted octanol–water partition coefficient (Wildman–Crippen LogP) is 1.54. The Bertz CT molecular complexity index is 695. The first-order valence-corrected chi connectivity index (χ1v) is 9.29. The summed E-state index contributed by atoms with van der Waals surface area (Å²) in [5.41, 5.74) is 0.663. The fourth-order valence-corrected chi connectivity index (χ4v) is 4.00. The molecule has 0 saturated carbocycles. The van der Waals surface area contributed by atoms with Crippen LogP contribution in [0.1, 0.15) is 5.56 Å². The lowest BCUT2D eigenvalue weighted by molar-refractivity contribution is -0.182. The van der Waals surface area contributed by atoms with Crippen LogP contribution in [0.3, 0.4) is 0 Å². The van der Waals surface area contributed by atoms with Gasteiger partial charge in [-0.05, 0) is 24.6 Å². The molecule has 2 rings (SSSR count). The minimum absolute atomic E-state index is 0. The second-order valence-electron chi connectivity index (χ2n) is 5.85. The van der Waals surface area contributed by atoms with Crippen LogP contribution in [0, 0.1) is 6.92 Å². The molecule has 26 heavy (non-hydrogen) atoms. The summed E-state index contributed by atoms with van der Waals surface area (Å²) in [6.07, 6.45) is -4.53. The molecule has 1 aliphatic rings. The molecule has 1 atom stereocenters. The minimum Gasteiger partial charge on any atom is -0.495 e. The average Bonchev–Trinajstić information content (AvgIpc) is 2.54. The number of piperazine rings is 1. The summed E-state index contributed by atoms with van der Waals surface area (Å²) in [5.74, 6) is 0.0869. The molecule has 1 fully saturated rings. The van der Waals surface area contributed by atoms with E-state index in [1.54, 1.807) is 13.0 Å². The quantitative estimate of drug-likeness (QED) is 0.734. The summed E-state index contributed by atoms with van der Waals surface area (Å²) in [6, 6.07) is 2.63. The molecule has 1 saturated heterocycles. The van der Waals surface area contributed by atoms with Crippen molar-refractivity contribution in [3.8, 4) is 5.75 Å². The van der Waals surface area contributed by atoms with Crippen molar-refractivity contribution in [1.82, 2.24) is 14.9 Å². The van der Waals surface area contributed by atoms with Gasteiger partial charge in [-0.1, -0.05) is 6.07 Å². The molecule has 0 amide bonds. The van der Waals surface area contributed by atoms with E-state index >= 15 is 0 Å². The van der Waals surface area contributed by atoms with E-state index in [4.69, 9.17) is 4.74 Å². The molecule has 0 radical (unpaired) electrons. The van der Waals surface area contributed by atoms with Gasteiger partial charge in [-0.15, -0.1) is 12.4 Å². The molecular weight excluding hydrogens is 395 g/mol. The van der Waals surface area contributed by atoms with Gasteiger partial charge in [-0.2, -0.15) is 13.2 Å². The van der Waals surface area contributed by atoms with E-state index in [-0.39, 0.29) is 36.1 Å². The van der Waals surface area contributed by atoms with Crippen molar-refractivity contribution in [1.29, 1.82) is 0 Å². The van der Waals surface area contributed by atoms with Gasteiger partial charge in [-0.3, -0.25) is 4.90 Å². The molecule has 0 aliphatic carbocycles. The van der Waals surface area contributed by atoms with Gasteiger partial charge >= 0.3 is 6.18 Å². The van der Waals surface area contributed by atoms with E-state index in [1.165, 1.54) is 24.1 Å². The van der Waals surface area contributed by atoms with Gasteiger partial charge in [0.25, 0.3) is 0 Å². The van der Waals surface area contributed by atoms with Crippen LogP contribution in [0.5, 0.6) is 5.75 Å². The number of hydrogen-bond acceptors (Lipinski definition) is 5. The molecule has 0 bridgehead atoms. The van der Waals surface area contributed by atoms with Crippen molar-refractivity contribution in [2.75, 3.05) is 39.8 Å². The molecule has 1 unspecified atom stereocenters. The fraction of sp³-hybridized carbons (Fsp3) is 0.600. The highest BCUT2D eigenvalue weighted by molar-refractivity contribution is 7.89. The lowest BCUT2D eigenvalue weighted by atomic mass is 10.2. The number of rotatable bonds is 6. The average molecular weight is 418 g/mol. The Kier molecular flexibility index (Phi) is 8.15. The highest BCUT2D eigenvalue weighted by atomic mass is 35.5. The molecule has 1 aromatic carbocycles. The molecule has 2 N–H and O–H groups in total. The van der Waals surface area contributed by atoms with Crippen molar-refractivity contribution in [2.45, 2.75) is 24.0 Å². The standard InChI is InChI=1S/C15H22F3N3O3S.ClH/c1-11-3-4-12(24-2)13(9-11)25(22,23)20-10-14(15(16,17)18)21-7-5-19-6-8-21;/h3-4,9,14,19-20H,5-8,10H2,1-2H3;1H. The Morgan fingerprint density at radius 1 is 1.31 bits per heavy atom. The summed E-state index contributed by atoms with van der Waals surface area (Å²) in [6.45, 7) is 2.23. The summed E-state index contributed by atoms with van der Waals surface area (Å²) in [7, 11) is -2.83. The van der Waals surface area contributed by atoms with E-state index in [0.29, 0.717) is 18.7 Å². The predicted molar refractivity (Wildman–Crippen MR) is 94.5 cm³/mol. The summed E-state index contributed by atoms with van der Waals surface area (Å²) >= 11 is 0. The zero-order valence-electron chi connectivity index (χ0n) is 14.5. The van der Waals surface area contributed by atoms with E-state index in [1.807, 2.05) is 0 Å². The number of benzene rings is 1. The third kappa shape index (κ3) is 5.71. The molecule has 0 spiro atoms. The van der Waals surface area contributed by atoms with Crippen molar-refractivity contribution < 1.29 is 26.3 Å². The van der Waals surface area contributed by atoms with E-state index in [0.717, 1.165) is 0 Å². The number of alkyl halides is 3. The van der Waals surface area contributed by atoms with E-state index < -0.39 is 28.8 Å². The molecule has 6 nitrogen and oxygen atoms in total. The van der Waals surface area contributed by atoms with Crippen LogP contribution in [0.2, 0.25) is 0 Å². The van der Waals surface area contributed by atoms with Crippen LogP contribution in [0.25, 0.3) is 0 Å². The lowest BCUT2D eigenvalue weighted by Crippen LogP contribution is -2.57. The first-order chi connectivity index (χ1) is 11.6. The Hall–Kier alpha value is -1.07. The Morgan fingerprint density at radius 3 is 2.46 bits per heavy atom. The van der Waals surface area contributed by atoms with Gasteiger partial charge in [-0.25, -0.2) is 13.1 Å². The van der Waals surface area contributed by atoms with Crippen LogP contribution in [-0.2, 0) is 10.0 Å². The number of aryl methyl sites for hydroxylation is 1. The summed E-state index contributed by atoms with van der Waals surface area (Å²) in [4.78, 5) is 1.07. The van der Waals surface area contributed by atoms with Crippen molar-refractivity contribution in [2.24, 2.45) is 0 Å². The Labute approximate surface area is 157 Å². The SMILES string of the molecule is COc1ccc(C)cc1S(=O)(=O)NCC(N1CCNCC1)C(F)(F)F.Cl. The molecule has 11 heteroatoms. The van der Waals surface area contributed by atoms with Crippen molar-refractivity contribution in [3.63, 3.8) is 0 Å². The molecule has 150 valence electrons. The van der Waals surface area contributed by atoms with Crippen LogP contribution in [0.15, 0.2) is 23.1 Å². The summed E-state index contributed by atoms with van der Waals surface area (Å²) < 4.78 is 72.2. The molecule has 0 aromatic heterocycles. The highest BCUT2D eigenvalue weighted by Gasteiger charge is 2.44. The van der Waals surface area contributed by atoms with Crippen LogP contribution < -0.4 is 14.8 Å². The van der Waals surface area contributed by atoms with Gasteiger partial charge in [0.05, 0.1) is 7.11 Å². The maximum atomic E-state index is 13.4. The van der Waals surface area contributed by atoms with E-state index in [9.17, 15) is 21.6 Å². The Balaban J connectivity index is 0.00000338. The van der Waals surface area contributed by atoms with Gasteiger partial charge in [0, 0.05) is 32.7 Å². The lowest BCUT2D eigenvalue weighted by Gasteiger charge is -2.35. The van der Waals surface area contributed by atoms with E-state index in [2.05, 4.69) is 10.0 Å². The molecular formula is C15H23ClF3N3O3S. The van der Waals surface area contributed by atoms with Gasteiger partial charge in [0.1, 0.15) is 16.7 Å². The first kappa shape index (κ1) is 23.0. The number of methoxy groups -OCH3 is 1. The number of nitrogens with one attached hydrogen (secondary N) is 2. The van der Waals surface area contributed by atoms with Crippen molar-refractivity contribution >= 4 is 22.4 Å². The topological polar surface area (TPSA) is 70.7 Å². The third-order valence-electron chi connectivity index (χ3n) is 4.05.